The summed E-state index contributed by atoms with van der Waals surface area (Å²) < 4.78 is 5.56. The Morgan fingerprint density at radius 3 is 2.58 bits per heavy atom. The standard InChI is InChI=1S/C20H28N2O3.ClH/c1-22-14-8-13-21-18(22)15-25-19(23)20(24,16-9-4-2-5-10-16)17-11-6-3-7-12-17;/h2,4-5,9-10,17,24H,3,6-8,11-15H2,1H3;1H/p-1. The number of carbonyl (C=O) groups is 1. The van der Waals surface area contributed by atoms with Crippen LogP contribution in [-0.4, -0.2) is 48.6 Å². The summed E-state index contributed by atoms with van der Waals surface area (Å²) in [5, 5.41) is 11.4. The van der Waals surface area contributed by atoms with Gasteiger partial charge in [0.1, 0.15) is 12.4 Å². The van der Waals surface area contributed by atoms with Gasteiger partial charge in [0.25, 0.3) is 0 Å². The van der Waals surface area contributed by atoms with Crippen LogP contribution in [-0.2, 0) is 15.1 Å². The fourth-order valence-electron chi connectivity index (χ4n) is 3.89. The Labute approximate surface area is 161 Å². The molecular formula is C20H28ClN2O3-. The van der Waals surface area contributed by atoms with E-state index in [9.17, 15) is 9.90 Å². The summed E-state index contributed by atoms with van der Waals surface area (Å²) in [6, 6.07) is 9.24. The van der Waals surface area contributed by atoms with Crippen molar-refractivity contribution in [2.24, 2.45) is 10.9 Å². The van der Waals surface area contributed by atoms with Crippen molar-refractivity contribution in [3.8, 4) is 0 Å². The average Bonchev–Trinajstić information content (AvgIpc) is 2.68. The minimum absolute atomic E-state index is 0. The van der Waals surface area contributed by atoms with Gasteiger partial charge in [0, 0.05) is 26.1 Å². The molecule has 1 N–H and O–H groups in total. The van der Waals surface area contributed by atoms with Crippen LogP contribution in [0.1, 0.15) is 44.1 Å². The second kappa shape index (κ2) is 9.38. The lowest BCUT2D eigenvalue weighted by molar-refractivity contribution is -0.174. The van der Waals surface area contributed by atoms with Crippen LogP contribution in [0.15, 0.2) is 35.3 Å². The van der Waals surface area contributed by atoms with E-state index in [1.165, 1.54) is 0 Å². The Kier molecular flexibility index (Phi) is 7.47. The van der Waals surface area contributed by atoms with Crippen LogP contribution in [0, 0.1) is 5.92 Å². The number of benzene rings is 1. The molecule has 3 rings (SSSR count). The Morgan fingerprint density at radius 2 is 1.92 bits per heavy atom. The van der Waals surface area contributed by atoms with Gasteiger partial charge in [0.2, 0.25) is 0 Å². The Morgan fingerprint density at radius 1 is 1.23 bits per heavy atom. The van der Waals surface area contributed by atoms with Gasteiger partial charge >= 0.3 is 5.97 Å². The molecule has 2 aliphatic rings. The van der Waals surface area contributed by atoms with Crippen molar-refractivity contribution in [2.75, 3.05) is 26.7 Å². The number of halogens is 1. The summed E-state index contributed by atoms with van der Waals surface area (Å²) in [5.41, 5.74) is -0.944. The summed E-state index contributed by atoms with van der Waals surface area (Å²) in [4.78, 5) is 19.4. The molecule has 26 heavy (non-hydrogen) atoms. The number of nitrogens with zero attached hydrogens (tertiary/aromatic N) is 2. The van der Waals surface area contributed by atoms with Gasteiger partial charge in [-0.15, -0.1) is 0 Å². The zero-order valence-corrected chi connectivity index (χ0v) is 16.1. The number of hydrogen-bond donors (Lipinski definition) is 1. The van der Waals surface area contributed by atoms with Gasteiger partial charge < -0.3 is 27.2 Å². The van der Waals surface area contributed by atoms with Gasteiger partial charge in [-0.2, -0.15) is 0 Å². The van der Waals surface area contributed by atoms with Gasteiger partial charge in [0.15, 0.2) is 5.60 Å². The summed E-state index contributed by atoms with van der Waals surface area (Å²) in [7, 11) is 1.95. The van der Waals surface area contributed by atoms with E-state index in [0.717, 1.165) is 57.5 Å². The minimum Gasteiger partial charge on any atom is -1.00 e. The summed E-state index contributed by atoms with van der Waals surface area (Å²) in [5.74, 6) is 0.133. The predicted molar refractivity (Wildman–Crippen MR) is 97.4 cm³/mol. The first-order chi connectivity index (χ1) is 12.1. The molecule has 1 saturated carbocycles. The molecule has 0 bridgehead atoms. The molecular weight excluding hydrogens is 352 g/mol. The fraction of sp³-hybridized carbons (Fsp3) is 0.600. The SMILES string of the molecule is CN1CCCN=C1COC(=O)C(O)(c1ccccc1)C1CCCCC1.[Cl-]. The number of ether oxygens (including phenoxy) is 1. The smallest absolute Gasteiger partial charge is 0.343 e. The van der Waals surface area contributed by atoms with E-state index >= 15 is 0 Å². The van der Waals surface area contributed by atoms with Crippen LogP contribution in [0.2, 0.25) is 0 Å². The van der Waals surface area contributed by atoms with E-state index in [2.05, 4.69) is 4.99 Å². The number of likely N-dealkylation sites (N-methyl/N-ethyl adjacent to an activating group) is 1. The quantitative estimate of drug-likeness (QED) is 0.716. The third-order valence-corrected chi connectivity index (χ3v) is 5.44. The molecule has 1 fully saturated rings. The largest absolute Gasteiger partial charge is 1.00 e. The highest BCUT2D eigenvalue weighted by molar-refractivity contribution is 5.88. The third-order valence-electron chi connectivity index (χ3n) is 5.44. The highest BCUT2D eigenvalue weighted by atomic mass is 35.5. The van der Waals surface area contributed by atoms with Crippen LogP contribution < -0.4 is 12.4 Å². The van der Waals surface area contributed by atoms with E-state index in [1.807, 2.05) is 42.3 Å². The van der Waals surface area contributed by atoms with Crippen LogP contribution in [0.5, 0.6) is 0 Å². The van der Waals surface area contributed by atoms with Crippen molar-refractivity contribution in [1.82, 2.24) is 4.90 Å². The summed E-state index contributed by atoms with van der Waals surface area (Å²) in [6.45, 7) is 1.81. The number of esters is 1. The third kappa shape index (κ3) is 4.38. The van der Waals surface area contributed by atoms with E-state index in [-0.39, 0.29) is 24.9 Å². The van der Waals surface area contributed by atoms with Crippen LogP contribution in [0.4, 0.5) is 0 Å². The highest BCUT2D eigenvalue weighted by Gasteiger charge is 2.47. The molecule has 0 spiro atoms. The molecule has 1 heterocycles. The van der Waals surface area contributed by atoms with E-state index in [1.54, 1.807) is 0 Å². The number of rotatable bonds is 5. The maximum atomic E-state index is 13.0. The number of aliphatic hydroxyl groups is 1. The Balaban J connectivity index is 0.00000243. The zero-order valence-electron chi connectivity index (χ0n) is 15.4. The molecule has 1 aliphatic heterocycles. The first-order valence-corrected chi connectivity index (χ1v) is 9.32. The van der Waals surface area contributed by atoms with Crippen molar-refractivity contribution < 1.29 is 27.0 Å². The molecule has 1 aromatic rings. The molecule has 5 nitrogen and oxygen atoms in total. The Hall–Kier alpha value is -1.59. The van der Waals surface area contributed by atoms with Gasteiger partial charge in [-0.05, 0) is 24.8 Å². The average molecular weight is 380 g/mol. The minimum atomic E-state index is -1.57. The molecule has 1 atom stereocenters. The van der Waals surface area contributed by atoms with E-state index < -0.39 is 11.6 Å². The number of hydrogen-bond acceptors (Lipinski definition) is 5. The highest BCUT2D eigenvalue weighted by Crippen LogP contribution is 2.40. The first kappa shape index (κ1) is 20.7. The monoisotopic (exact) mass is 379 g/mol. The van der Waals surface area contributed by atoms with Gasteiger partial charge in [0.05, 0.1) is 0 Å². The van der Waals surface area contributed by atoms with Gasteiger partial charge in [-0.3, -0.25) is 4.99 Å². The van der Waals surface area contributed by atoms with Gasteiger partial charge in [-0.25, -0.2) is 4.79 Å². The van der Waals surface area contributed by atoms with Crippen LogP contribution in [0.25, 0.3) is 0 Å². The van der Waals surface area contributed by atoms with Crippen molar-refractivity contribution in [3.63, 3.8) is 0 Å². The predicted octanol–water partition coefficient (Wildman–Crippen LogP) is -0.264. The van der Waals surface area contributed by atoms with E-state index in [4.69, 9.17) is 4.74 Å². The molecule has 6 heteroatoms. The topological polar surface area (TPSA) is 62.1 Å². The number of amidine groups is 1. The van der Waals surface area contributed by atoms with Gasteiger partial charge in [-0.1, -0.05) is 49.6 Å². The molecule has 0 saturated heterocycles. The molecule has 0 amide bonds. The lowest BCUT2D eigenvalue weighted by Gasteiger charge is -2.37. The summed E-state index contributed by atoms with van der Waals surface area (Å²) in [6.07, 6.45) is 5.97. The molecule has 144 valence electrons. The molecule has 0 radical (unpaired) electrons. The molecule has 0 aromatic heterocycles. The first-order valence-electron chi connectivity index (χ1n) is 9.32. The van der Waals surface area contributed by atoms with Crippen molar-refractivity contribution in [3.05, 3.63) is 35.9 Å². The maximum absolute atomic E-state index is 13.0. The van der Waals surface area contributed by atoms with Crippen LogP contribution in [0.3, 0.4) is 0 Å². The van der Waals surface area contributed by atoms with Crippen molar-refractivity contribution in [1.29, 1.82) is 0 Å². The lowest BCUT2D eigenvalue weighted by Crippen LogP contribution is -3.00. The molecule has 1 aliphatic carbocycles. The second-order valence-electron chi connectivity index (χ2n) is 7.12. The number of carbonyl (C=O) groups excluding carboxylic acids is 1. The van der Waals surface area contributed by atoms with Crippen molar-refractivity contribution >= 4 is 11.8 Å². The fourth-order valence-corrected chi connectivity index (χ4v) is 3.89. The normalized spacial score (nSPS) is 20.5. The Bertz CT molecular complexity index is 617. The zero-order chi connectivity index (χ0) is 17.7. The second-order valence-corrected chi connectivity index (χ2v) is 7.12. The molecule has 1 aromatic carbocycles. The lowest BCUT2D eigenvalue weighted by atomic mass is 9.73. The van der Waals surface area contributed by atoms with Crippen molar-refractivity contribution in [2.45, 2.75) is 44.1 Å². The van der Waals surface area contributed by atoms with E-state index in [0.29, 0.717) is 5.56 Å². The number of aliphatic imine (C=N–C) groups is 1. The summed E-state index contributed by atoms with van der Waals surface area (Å²) >= 11 is 0. The maximum Gasteiger partial charge on any atom is 0.343 e. The molecule has 1 unspecified atom stereocenters. The van der Waals surface area contributed by atoms with Crippen LogP contribution >= 0.6 is 0 Å².